The summed E-state index contributed by atoms with van der Waals surface area (Å²) in [6.07, 6.45) is -0.639. The highest BCUT2D eigenvalue weighted by Crippen LogP contribution is 2.25. The van der Waals surface area contributed by atoms with Crippen molar-refractivity contribution in [3.63, 3.8) is 0 Å². The van der Waals surface area contributed by atoms with Gasteiger partial charge >= 0.3 is 0 Å². The molecular formula is C13H14BrN3O2. The van der Waals surface area contributed by atoms with Gasteiger partial charge in [-0.05, 0) is 28.4 Å². The number of Topliss-reactive ketones (excluding diaryl/α,β-unsaturated/α-hetero) is 1. The number of aromatic nitrogens is 3. The minimum absolute atomic E-state index is 0.160. The molecule has 0 N–H and O–H groups in total. The third kappa shape index (κ3) is 2.90. The van der Waals surface area contributed by atoms with E-state index in [9.17, 15) is 4.79 Å². The highest BCUT2D eigenvalue weighted by Gasteiger charge is 2.27. The zero-order valence-electron chi connectivity index (χ0n) is 10.7. The molecule has 1 unspecified atom stereocenters. The minimum atomic E-state index is -0.639. The van der Waals surface area contributed by atoms with Crippen LogP contribution in [0.25, 0.3) is 0 Å². The summed E-state index contributed by atoms with van der Waals surface area (Å²) in [6.45, 7) is 2.31. The first-order valence-corrected chi connectivity index (χ1v) is 6.70. The van der Waals surface area contributed by atoms with Gasteiger partial charge < -0.3 is 4.74 Å². The molecule has 1 atom stereocenters. The summed E-state index contributed by atoms with van der Waals surface area (Å²) < 4.78 is 7.46. The molecule has 0 aliphatic rings. The number of carbonyl (C=O) groups is 1. The molecule has 1 aromatic carbocycles. The van der Waals surface area contributed by atoms with Gasteiger partial charge in [0.2, 0.25) is 5.78 Å². The maximum Gasteiger partial charge on any atom is 0.216 e. The second kappa shape index (κ2) is 6.08. The highest BCUT2D eigenvalue weighted by molar-refractivity contribution is 9.10. The highest BCUT2D eigenvalue weighted by atomic mass is 79.9. The maximum absolute atomic E-state index is 12.6. The van der Waals surface area contributed by atoms with Crippen LogP contribution in [0.4, 0.5) is 0 Å². The molecule has 0 bridgehead atoms. The van der Waals surface area contributed by atoms with Crippen LogP contribution >= 0.6 is 15.9 Å². The maximum atomic E-state index is 12.6. The Bertz CT molecular complexity index is 549. The smallest absolute Gasteiger partial charge is 0.216 e. The molecule has 0 amide bonds. The lowest BCUT2D eigenvalue weighted by molar-refractivity contribution is 0.0443. The number of rotatable bonds is 5. The van der Waals surface area contributed by atoms with E-state index in [4.69, 9.17) is 4.74 Å². The Morgan fingerprint density at radius 3 is 2.63 bits per heavy atom. The Kier molecular flexibility index (Phi) is 4.44. The van der Waals surface area contributed by atoms with E-state index in [1.807, 2.05) is 37.3 Å². The Morgan fingerprint density at radius 1 is 1.42 bits per heavy atom. The van der Waals surface area contributed by atoms with Gasteiger partial charge in [-0.15, -0.1) is 5.10 Å². The Labute approximate surface area is 119 Å². The third-order valence-corrected chi connectivity index (χ3v) is 3.23. The Morgan fingerprint density at radius 2 is 2.11 bits per heavy atom. The molecule has 0 spiro atoms. The normalized spacial score (nSPS) is 12.4. The topological polar surface area (TPSA) is 57.0 Å². The molecular weight excluding hydrogens is 310 g/mol. The summed E-state index contributed by atoms with van der Waals surface area (Å²) in [5.41, 5.74) is 1.23. The van der Waals surface area contributed by atoms with Crippen LogP contribution in [-0.2, 0) is 11.8 Å². The number of ether oxygens (including phenoxy) is 1. The fraction of sp³-hybridized carbons (Fsp3) is 0.308. The minimum Gasteiger partial charge on any atom is -0.366 e. The molecule has 0 radical (unpaired) electrons. The van der Waals surface area contributed by atoms with Crippen molar-refractivity contribution in [1.29, 1.82) is 0 Å². The second-order valence-electron chi connectivity index (χ2n) is 3.96. The van der Waals surface area contributed by atoms with Crippen molar-refractivity contribution in [2.75, 3.05) is 6.61 Å². The van der Waals surface area contributed by atoms with E-state index in [1.54, 1.807) is 7.05 Å². The zero-order chi connectivity index (χ0) is 13.8. The molecule has 100 valence electrons. The number of aryl methyl sites for hydroxylation is 1. The van der Waals surface area contributed by atoms with Crippen molar-refractivity contribution in [2.24, 2.45) is 7.05 Å². The second-order valence-corrected chi connectivity index (χ2v) is 4.71. The van der Waals surface area contributed by atoms with Crippen LogP contribution in [0.3, 0.4) is 0 Å². The van der Waals surface area contributed by atoms with Gasteiger partial charge in [0.1, 0.15) is 11.8 Å². The van der Waals surface area contributed by atoms with E-state index < -0.39 is 6.10 Å². The number of ketones is 1. The van der Waals surface area contributed by atoms with Gasteiger partial charge in [-0.1, -0.05) is 35.5 Å². The van der Waals surface area contributed by atoms with Crippen LogP contribution < -0.4 is 0 Å². The predicted molar refractivity (Wildman–Crippen MR) is 73.8 cm³/mol. The van der Waals surface area contributed by atoms with Crippen LogP contribution in [0.15, 0.2) is 34.9 Å². The fourth-order valence-electron chi connectivity index (χ4n) is 1.84. The van der Waals surface area contributed by atoms with Gasteiger partial charge in [-0.2, -0.15) is 0 Å². The van der Waals surface area contributed by atoms with Gasteiger partial charge in [0, 0.05) is 13.7 Å². The summed E-state index contributed by atoms with van der Waals surface area (Å²) in [4.78, 5) is 12.6. The van der Waals surface area contributed by atoms with Crippen LogP contribution in [-0.4, -0.2) is 27.4 Å². The van der Waals surface area contributed by atoms with Crippen molar-refractivity contribution in [3.05, 3.63) is 46.2 Å². The molecule has 0 saturated heterocycles. The summed E-state index contributed by atoms with van der Waals surface area (Å²) in [5, 5.41) is 7.64. The van der Waals surface area contributed by atoms with Crippen LogP contribution in [0, 0.1) is 0 Å². The van der Waals surface area contributed by atoms with Gasteiger partial charge in [-0.25, -0.2) is 4.68 Å². The summed E-state index contributed by atoms with van der Waals surface area (Å²) in [7, 11) is 1.68. The molecule has 0 aliphatic heterocycles. The molecule has 19 heavy (non-hydrogen) atoms. The van der Waals surface area contributed by atoms with E-state index in [0.29, 0.717) is 16.9 Å². The lowest BCUT2D eigenvalue weighted by atomic mass is 10.0. The molecule has 6 heteroatoms. The van der Waals surface area contributed by atoms with Gasteiger partial charge in [0.15, 0.2) is 4.60 Å². The van der Waals surface area contributed by atoms with E-state index in [1.165, 1.54) is 4.68 Å². The molecule has 0 aliphatic carbocycles. The van der Waals surface area contributed by atoms with E-state index in [-0.39, 0.29) is 5.78 Å². The van der Waals surface area contributed by atoms with E-state index in [0.717, 1.165) is 5.56 Å². The van der Waals surface area contributed by atoms with Crippen LogP contribution in [0.5, 0.6) is 0 Å². The monoisotopic (exact) mass is 323 g/mol. The Hall–Kier alpha value is -1.53. The zero-order valence-corrected chi connectivity index (χ0v) is 12.3. The van der Waals surface area contributed by atoms with Gasteiger partial charge in [-0.3, -0.25) is 4.79 Å². The molecule has 0 saturated carbocycles. The molecule has 2 rings (SSSR count). The first-order valence-electron chi connectivity index (χ1n) is 5.91. The van der Waals surface area contributed by atoms with Crippen molar-refractivity contribution >= 4 is 21.7 Å². The Balaban J connectivity index is 2.38. The third-order valence-electron chi connectivity index (χ3n) is 2.69. The van der Waals surface area contributed by atoms with Gasteiger partial charge in [0.25, 0.3) is 0 Å². The quantitative estimate of drug-likeness (QED) is 0.793. The molecule has 0 fully saturated rings. The van der Waals surface area contributed by atoms with Crippen LogP contribution in [0.2, 0.25) is 0 Å². The molecule has 1 aromatic heterocycles. The first-order chi connectivity index (χ1) is 9.15. The number of halogens is 1. The van der Waals surface area contributed by atoms with Gasteiger partial charge in [0.05, 0.1) is 0 Å². The average Bonchev–Trinajstić information content (AvgIpc) is 2.76. The molecule has 1 heterocycles. The summed E-state index contributed by atoms with van der Waals surface area (Å²) in [6, 6.07) is 9.40. The van der Waals surface area contributed by atoms with E-state index in [2.05, 4.69) is 26.2 Å². The largest absolute Gasteiger partial charge is 0.366 e. The standard InChI is InChI=1S/C13H14BrN3O2/c1-3-19-12(9-7-5-4-6-8-9)11(18)10-13(14)15-16-17(10)2/h4-8,12H,3H2,1-2H3. The number of hydrogen-bond donors (Lipinski definition) is 0. The average molecular weight is 324 g/mol. The van der Waals surface area contributed by atoms with Crippen molar-refractivity contribution < 1.29 is 9.53 Å². The van der Waals surface area contributed by atoms with Crippen LogP contribution in [0.1, 0.15) is 29.1 Å². The SMILES string of the molecule is CCOC(C(=O)c1c(Br)nnn1C)c1ccccc1. The van der Waals surface area contributed by atoms with E-state index >= 15 is 0 Å². The number of carbonyl (C=O) groups excluding carboxylic acids is 1. The summed E-state index contributed by atoms with van der Waals surface area (Å²) >= 11 is 3.24. The summed E-state index contributed by atoms with van der Waals surface area (Å²) in [5.74, 6) is -0.160. The van der Waals surface area contributed by atoms with Crippen molar-refractivity contribution in [3.8, 4) is 0 Å². The van der Waals surface area contributed by atoms with Crippen molar-refractivity contribution in [2.45, 2.75) is 13.0 Å². The number of benzene rings is 1. The predicted octanol–water partition coefficient (Wildman–Crippen LogP) is 2.54. The number of nitrogens with zero attached hydrogens (tertiary/aromatic N) is 3. The molecule has 2 aromatic rings. The lowest BCUT2D eigenvalue weighted by Gasteiger charge is -2.16. The number of hydrogen-bond acceptors (Lipinski definition) is 4. The molecule has 5 nitrogen and oxygen atoms in total. The van der Waals surface area contributed by atoms with Crippen molar-refractivity contribution in [1.82, 2.24) is 15.0 Å². The lowest BCUT2D eigenvalue weighted by Crippen LogP contribution is -2.19. The fourth-order valence-corrected chi connectivity index (χ4v) is 2.36. The first kappa shape index (κ1) is 13.9.